The van der Waals surface area contributed by atoms with Gasteiger partial charge in [0.1, 0.15) is 5.75 Å². The molecule has 21 heavy (non-hydrogen) atoms. The summed E-state index contributed by atoms with van der Waals surface area (Å²) in [5, 5.41) is 0. The van der Waals surface area contributed by atoms with Crippen molar-refractivity contribution in [2.24, 2.45) is 0 Å². The van der Waals surface area contributed by atoms with E-state index < -0.39 is 0 Å². The third-order valence-corrected chi connectivity index (χ3v) is 4.41. The number of fused-ring (bicyclic) bond motifs is 1. The van der Waals surface area contributed by atoms with Crippen molar-refractivity contribution in [3.05, 3.63) is 60.2 Å². The highest BCUT2D eigenvalue weighted by Crippen LogP contribution is 2.32. The summed E-state index contributed by atoms with van der Waals surface area (Å²) >= 11 is 4.57. The summed E-state index contributed by atoms with van der Waals surface area (Å²) in [7, 11) is 0. The van der Waals surface area contributed by atoms with Gasteiger partial charge in [-0.2, -0.15) is 12.6 Å². The van der Waals surface area contributed by atoms with Crippen molar-refractivity contribution < 1.29 is 4.74 Å². The molecule has 3 heteroatoms. The van der Waals surface area contributed by atoms with E-state index in [-0.39, 0.29) is 0 Å². The fourth-order valence-electron chi connectivity index (χ4n) is 2.85. The van der Waals surface area contributed by atoms with Crippen LogP contribution < -0.4 is 9.64 Å². The van der Waals surface area contributed by atoms with Crippen molar-refractivity contribution in [2.45, 2.75) is 12.3 Å². The molecule has 0 radical (unpaired) electrons. The molecule has 0 aromatic heterocycles. The van der Waals surface area contributed by atoms with Gasteiger partial charge in [0.25, 0.3) is 0 Å². The minimum absolute atomic E-state index is 0.431. The lowest BCUT2D eigenvalue weighted by Crippen LogP contribution is -2.30. The average Bonchev–Trinajstić information content (AvgIpc) is 2.76. The number of anilines is 1. The number of thiol groups is 1. The number of rotatable bonds is 4. The summed E-state index contributed by atoms with van der Waals surface area (Å²) in [5.74, 6) is 2.28. The Labute approximate surface area is 132 Å². The van der Waals surface area contributed by atoms with E-state index in [2.05, 4.69) is 66.1 Å². The van der Waals surface area contributed by atoms with Crippen LogP contribution in [0.3, 0.4) is 0 Å². The first-order chi connectivity index (χ1) is 10.4. The Bertz CT molecular complexity index is 572. The minimum atomic E-state index is 0.431. The number of hydrogen-bond acceptors (Lipinski definition) is 3. The normalized spacial score (nSPS) is 15.8. The molecule has 1 aliphatic rings. The molecule has 3 rings (SSSR count). The van der Waals surface area contributed by atoms with Gasteiger partial charge in [0.2, 0.25) is 0 Å². The van der Waals surface area contributed by atoms with Gasteiger partial charge in [0.05, 0.1) is 12.3 Å². The van der Waals surface area contributed by atoms with Crippen LogP contribution in [0.5, 0.6) is 5.75 Å². The fraction of sp³-hybridized carbons (Fsp3) is 0.333. The van der Waals surface area contributed by atoms with Crippen LogP contribution in [0.1, 0.15) is 17.9 Å². The van der Waals surface area contributed by atoms with Crippen LogP contribution in [0.4, 0.5) is 5.69 Å². The molecule has 1 heterocycles. The molecule has 1 unspecified atom stereocenters. The van der Waals surface area contributed by atoms with Crippen LogP contribution in [0.15, 0.2) is 54.6 Å². The maximum atomic E-state index is 5.84. The number of nitrogens with zero attached hydrogens (tertiary/aromatic N) is 1. The maximum Gasteiger partial charge on any atom is 0.142 e. The standard InChI is InChI=1S/C18H21NOS/c21-14-16(15-7-2-1-3-8-15)13-19-11-6-12-20-18-10-5-4-9-17(18)19/h1-5,7-10,16,21H,6,11-14H2. The first-order valence-corrected chi connectivity index (χ1v) is 8.14. The molecule has 2 nitrogen and oxygen atoms in total. The van der Waals surface area contributed by atoms with Gasteiger partial charge in [-0.1, -0.05) is 42.5 Å². The molecule has 1 aliphatic heterocycles. The molecule has 1 atom stereocenters. The Morgan fingerprint density at radius 1 is 1.05 bits per heavy atom. The average molecular weight is 299 g/mol. The topological polar surface area (TPSA) is 12.5 Å². The summed E-state index contributed by atoms with van der Waals surface area (Å²) in [6.07, 6.45) is 1.06. The van der Waals surface area contributed by atoms with E-state index >= 15 is 0 Å². The first-order valence-electron chi connectivity index (χ1n) is 7.51. The van der Waals surface area contributed by atoms with Gasteiger partial charge < -0.3 is 9.64 Å². The van der Waals surface area contributed by atoms with E-state index in [1.165, 1.54) is 11.3 Å². The van der Waals surface area contributed by atoms with Crippen LogP contribution in [-0.2, 0) is 0 Å². The highest BCUT2D eigenvalue weighted by molar-refractivity contribution is 7.80. The molecular formula is C18H21NOS. The lowest BCUT2D eigenvalue weighted by atomic mass is 10.00. The summed E-state index contributed by atoms with van der Waals surface area (Å²) in [6.45, 7) is 2.81. The largest absolute Gasteiger partial charge is 0.491 e. The molecule has 0 spiro atoms. The quantitative estimate of drug-likeness (QED) is 0.857. The first kappa shape index (κ1) is 14.3. The van der Waals surface area contributed by atoms with Crippen LogP contribution in [0.25, 0.3) is 0 Å². The predicted molar refractivity (Wildman–Crippen MR) is 91.8 cm³/mol. The van der Waals surface area contributed by atoms with Crippen molar-refractivity contribution in [1.82, 2.24) is 0 Å². The molecule has 0 saturated heterocycles. The second-order valence-electron chi connectivity index (χ2n) is 5.41. The Kier molecular flexibility index (Phi) is 4.71. The van der Waals surface area contributed by atoms with Gasteiger partial charge in [-0.3, -0.25) is 0 Å². The second kappa shape index (κ2) is 6.90. The van der Waals surface area contributed by atoms with Gasteiger partial charge in [-0.05, 0) is 29.9 Å². The zero-order chi connectivity index (χ0) is 14.5. The number of benzene rings is 2. The van der Waals surface area contributed by atoms with Crippen LogP contribution in [0, 0.1) is 0 Å². The monoisotopic (exact) mass is 299 g/mol. The molecule has 0 bridgehead atoms. The SMILES string of the molecule is SCC(CN1CCCOc2ccccc21)c1ccccc1. The molecular weight excluding hydrogens is 278 g/mol. The molecule has 0 amide bonds. The van der Waals surface area contributed by atoms with Crippen LogP contribution >= 0.6 is 12.6 Å². The Morgan fingerprint density at radius 3 is 2.62 bits per heavy atom. The van der Waals surface area contributed by atoms with Gasteiger partial charge in [-0.15, -0.1) is 0 Å². The highest BCUT2D eigenvalue weighted by Gasteiger charge is 2.20. The third-order valence-electron chi connectivity index (χ3n) is 3.97. The lowest BCUT2D eigenvalue weighted by Gasteiger charge is -2.28. The molecule has 0 N–H and O–H groups in total. The van der Waals surface area contributed by atoms with E-state index in [9.17, 15) is 0 Å². The Balaban J connectivity index is 1.83. The summed E-state index contributed by atoms with van der Waals surface area (Å²) in [6, 6.07) is 19.0. The smallest absolute Gasteiger partial charge is 0.142 e. The molecule has 0 fully saturated rings. The Morgan fingerprint density at radius 2 is 1.81 bits per heavy atom. The van der Waals surface area contributed by atoms with Crippen molar-refractivity contribution >= 4 is 18.3 Å². The van der Waals surface area contributed by atoms with Crippen LogP contribution in [-0.4, -0.2) is 25.4 Å². The van der Waals surface area contributed by atoms with Gasteiger partial charge in [0, 0.05) is 19.0 Å². The summed E-state index contributed by atoms with van der Waals surface area (Å²) in [4.78, 5) is 2.44. The van der Waals surface area contributed by atoms with E-state index in [0.29, 0.717) is 5.92 Å². The zero-order valence-electron chi connectivity index (χ0n) is 12.1. The highest BCUT2D eigenvalue weighted by atomic mass is 32.1. The third kappa shape index (κ3) is 3.35. The van der Waals surface area contributed by atoms with E-state index in [1.807, 2.05) is 6.07 Å². The summed E-state index contributed by atoms with van der Waals surface area (Å²) < 4.78 is 5.84. The van der Waals surface area contributed by atoms with E-state index in [1.54, 1.807) is 0 Å². The zero-order valence-corrected chi connectivity index (χ0v) is 13.0. The molecule has 2 aromatic carbocycles. The Hall–Kier alpha value is -1.61. The van der Waals surface area contributed by atoms with Crippen molar-refractivity contribution in [3.63, 3.8) is 0 Å². The van der Waals surface area contributed by atoms with E-state index in [4.69, 9.17) is 4.74 Å². The van der Waals surface area contributed by atoms with E-state index in [0.717, 1.165) is 37.6 Å². The molecule has 2 aromatic rings. The molecule has 110 valence electrons. The minimum Gasteiger partial charge on any atom is -0.491 e. The maximum absolute atomic E-state index is 5.84. The number of para-hydroxylation sites is 2. The molecule has 0 saturated carbocycles. The predicted octanol–water partition coefficient (Wildman–Crippen LogP) is 3.99. The lowest BCUT2D eigenvalue weighted by molar-refractivity contribution is 0.322. The number of ether oxygens (including phenoxy) is 1. The molecule has 0 aliphatic carbocycles. The van der Waals surface area contributed by atoms with Crippen molar-refractivity contribution in [3.8, 4) is 5.75 Å². The second-order valence-corrected chi connectivity index (χ2v) is 5.77. The van der Waals surface area contributed by atoms with Gasteiger partial charge in [0.15, 0.2) is 0 Å². The van der Waals surface area contributed by atoms with Crippen molar-refractivity contribution in [1.29, 1.82) is 0 Å². The van der Waals surface area contributed by atoms with Gasteiger partial charge >= 0.3 is 0 Å². The van der Waals surface area contributed by atoms with Crippen LogP contribution in [0.2, 0.25) is 0 Å². The van der Waals surface area contributed by atoms with Crippen molar-refractivity contribution in [2.75, 3.05) is 30.3 Å². The summed E-state index contributed by atoms with van der Waals surface area (Å²) in [5.41, 5.74) is 2.56. The number of hydrogen-bond donors (Lipinski definition) is 1. The van der Waals surface area contributed by atoms with Gasteiger partial charge in [-0.25, -0.2) is 0 Å². The fourth-order valence-corrected chi connectivity index (χ4v) is 3.17.